The van der Waals surface area contributed by atoms with Crippen molar-refractivity contribution < 1.29 is 9.59 Å². The average molecular weight is 329 g/mol. The molecule has 0 bridgehead atoms. The first-order chi connectivity index (χ1) is 11.6. The minimum absolute atomic E-state index is 0.0262. The summed E-state index contributed by atoms with van der Waals surface area (Å²) < 4.78 is 0. The van der Waals surface area contributed by atoms with E-state index in [2.05, 4.69) is 29.8 Å². The summed E-state index contributed by atoms with van der Waals surface area (Å²) in [4.78, 5) is 24.7. The van der Waals surface area contributed by atoms with Gasteiger partial charge in [-0.2, -0.15) is 0 Å². The summed E-state index contributed by atoms with van der Waals surface area (Å²) in [5, 5.41) is 9.36. The van der Waals surface area contributed by atoms with E-state index in [1.54, 1.807) is 6.07 Å². The molecule has 3 rings (SSSR count). The molecule has 0 saturated heterocycles. The summed E-state index contributed by atoms with van der Waals surface area (Å²) in [5.41, 5.74) is 2.17. The van der Waals surface area contributed by atoms with Gasteiger partial charge in [0.15, 0.2) is 0 Å². The molecule has 0 aromatic heterocycles. The third-order valence-corrected chi connectivity index (χ3v) is 5.29. The van der Waals surface area contributed by atoms with Crippen molar-refractivity contribution in [3.63, 3.8) is 0 Å². The average Bonchev–Trinajstić information content (AvgIpc) is 2.60. The van der Waals surface area contributed by atoms with E-state index < -0.39 is 0 Å². The Balaban J connectivity index is 1.71. The molecule has 2 atom stereocenters. The van der Waals surface area contributed by atoms with E-state index in [9.17, 15) is 9.59 Å². The lowest BCUT2D eigenvalue weighted by Crippen LogP contribution is -2.43. The van der Waals surface area contributed by atoms with Crippen LogP contribution in [0.1, 0.15) is 62.7 Å². The number of carbonyl (C=O) groups excluding carboxylic acids is 2. The van der Waals surface area contributed by atoms with Crippen LogP contribution in [-0.2, 0) is 4.79 Å². The Hall–Kier alpha value is -2.04. The van der Waals surface area contributed by atoms with Crippen molar-refractivity contribution in [2.24, 2.45) is 5.92 Å². The second kappa shape index (κ2) is 7.24. The second-order valence-corrected chi connectivity index (χ2v) is 7.07. The lowest BCUT2D eigenvalue weighted by Gasteiger charge is -2.30. The number of nitrogens with one attached hydrogen (secondary N) is 3. The first kappa shape index (κ1) is 16.8. The van der Waals surface area contributed by atoms with Crippen LogP contribution in [-0.4, -0.2) is 23.9 Å². The molecule has 1 aromatic carbocycles. The van der Waals surface area contributed by atoms with Gasteiger partial charge in [-0.05, 0) is 37.0 Å². The highest BCUT2D eigenvalue weighted by Gasteiger charge is 2.29. The van der Waals surface area contributed by atoms with E-state index in [-0.39, 0.29) is 29.8 Å². The first-order valence-corrected chi connectivity index (χ1v) is 9.10. The van der Waals surface area contributed by atoms with Gasteiger partial charge in [-0.3, -0.25) is 9.59 Å². The summed E-state index contributed by atoms with van der Waals surface area (Å²) in [5.74, 6) is 0.178. The maximum absolute atomic E-state index is 12.5. The molecule has 3 N–H and O–H groups in total. The Kier molecular flexibility index (Phi) is 5.07. The molecule has 0 spiro atoms. The van der Waals surface area contributed by atoms with Gasteiger partial charge in [0, 0.05) is 11.6 Å². The molecule has 1 fully saturated rings. The van der Waals surface area contributed by atoms with Crippen LogP contribution >= 0.6 is 0 Å². The molecule has 5 heteroatoms. The largest absolute Gasteiger partial charge is 0.372 e. The van der Waals surface area contributed by atoms with Crippen molar-refractivity contribution in [3.05, 3.63) is 23.8 Å². The number of hydrogen-bond acceptors (Lipinski definition) is 3. The summed E-state index contributed by atoms with van der Waals surface area (Å²) >= 11 is 0. The number of hydrogen-bond donors (Lipinski definition) is 3. The smallest absolute Gasteiger partial charge is 0.251 e. The van der Waals surface area contributed by atoms with Crippen LogP contribution in [0.3, 0.4) is 0 Å². The lowest BCUT2D eigenvalue weighted by molar-refractivity contribution is -0.118. The standard InChI is InChI=1S/C19H27N3O2/c1-3-12(2)17-19(24)22-16-11-13(9-10-15(16)21-17)18(23)20-14-7-5-4-6-8-14/h9-12,14,17,21H,3-8H2,1-2H3,(H,20,23)(H,22,24). The summed E-state index contributed by atoms with van der Waals surface area (Å²) in [6.45, 7) is 4.14. The molecular formula is C19H27N3O2. The van der Waals surface area contributed by atoms with E-state index in [1.807, 2.05) is 12.1 Å². The molecule has 1 aliphatic heterocycles. The van der Waals surface area contributed by atoms with Gasteiger partial charge in [0.25, 0.3) is 5.91 Å². The first-order valence-electron chi connectivity index (χ1n) is 9.10. The van der Waals surface area contributed by atoms with Gasteiger partial charge in [0.05, 0.1) is 11.4 Å². The van der Waals surface area contributed by atoms with Gasteiger partial charge >= 0.3 is 0 Å². The molecule has 0 radical (unpaired) electrons. The van der Waals surface area contributed by atoms with E-state index in [1.165, 1.54) is 19.3 Å². The molecule has 2 aliphatic rings. The highest BCUT2D eigenvalue weighted by atomic mass is 16.2. The molecule has 1 aliphatic carbocycles. The normalized spacial score (nSPS) is 22.1. The predicted octanol–water partition coefficient (Wildman–Crippen LogP) is 3.53. The maximum atomic E-state index is 12.5. The van der Waals surface area contributed by atoms with Crippen LogP contribution in [0.4, 0.5) is 11.4 Å². The fourth-order valence-electron chi connectivity index (χ4n) is 3.51. The number of carbonyl (C=O) groups is 2. The molecule has 2 unspecified atom stereocenters. The van der Waals surface area contributed by atoms with E-state index in [0.717, 1.165) is 24.9 Å². The van der Waals surface area contributed by atoms with Crippen LogP contribution in [0.25, 0.3) is 0 Å². The van der Waals surface area contributed by atoms with Crippen molar-refractivity contribution in [2.45, 2.75) is 64.5 Å². The lowest BCUT2D eigenvalue weighted by atomic mass is 9.94. The molecule has 24 heavy (non-hydrogen) atoms. The zero-order valence-corrected chi connectivity index (χ0v) is 14.5. The van der Waals surface area contributed by atoms with Gasteiger partial charge in [-0.25, -0.2) is 0 Å². The van der Waals surface area contributed by atoms with Crippen molar-refractivity contribution in [1.82, 2.24) is 5.32 Å². The Morgan fingerprint density at radius 2 is 2.00 bits per heavy atom. The van der Waals surface area contributed by atoms with E-state index in [0.29, 0.717) is 11.3 Å². The molecule has 1 heterocycles. The third kappa shape index (κ3) is 3.55. The zero-order valence-electron chi connectivity index (χ0n) is 14.5. The summed E-state index contributed by atoms with van der Waals surface area (Å²) in [7, 11) is 0. The monoisotopic (exact) mass is 329 g/mol. The Morgan fingerprint density at radius 1 is 1.25 bits per heavy atom. The Bertz CT molecular complexity index is 623. The second-order valence-electron chi connectivity index (χ2n) is 7.07. The minimum atomic E-state index is -0.218. The van der Waals surface area contributed by atoms with Crippen LogP contribution in [0, 0.1) is 5.92 Å². The van der Waals surface area contributed by atoms with Crippen molar-refractivity contribution in [2.75, 3.05) is 10.6 Å². The maximum Gasteiger partial charge on any atom is 0.251 e. The molecule has 130 valence electrons. The number of amides is 2. The highest BCUT2D eigenvalue weighted by molar-refractivity contribution is 6.05. The van der Waals surface area contributed by atoms with Gasteiger partial charge in [0.1, 0.15) is 6.04 Å². The van der Waals surface area contributed by atoms with Gasteiger partial charge in [-0.1, -0.05) is 39.5 Å². The topological polar surface area (TPSA) is 70.2 Å². The molecular weight excluding hydrogens is 302 g/mol. The van der Waals surface area contributed by atoms with Gasteiger partial charge in [-0.15, -0.1) is 0 Å². The number of rotatable bonds is 4. The SMILES string of the molecule is CCC(C)C1Nc2ccc(C(=O)NC3CCCCC3)cc2NC1=O. The number of benzene rings is 1. The van der Waals surface area contributed by atoms with Gasteiger partial charge < -0.3 is 16.0 Å². The minimum Gasteiger partial charge on any atom is -0.372 e. The van der Waals surface area contributed by atoms with Crippen LogP contribution in [0.5, 0.6) is 0 Å². The fourth-order valence-corrected chi connectivity index (χ4v) is 3.51. The molecule has 5 nitrogen and oxygen atoms in total. The van der Waals surface area contributed by atoms with E-state index in [4.69, 9.17) is 0 Å². The van der Waals surface area contributed by atoms with Crippen molar-refractivity contribution >= 4 is 23.2 Å². The molecule has 2 amide bonds. The zero-order chi connectivity index (χ0) is 17.1. The molecule has 1 saturated carbocycles. The van der Waals surface area contributed by atoms with Crippen LogP contribution in [0.15, 0.2) is 18.2 Å². The summed E-state index contributed by atoms with van der Waals surface area (Å²) in [6, 6.07) is 5.55. The number of anilines is 2. The fraction of sp³-hybridized carbons (Fsp3) is 0.579. The predicted molar refractivity (Wildman–Crippen MR) is 96.3 cm³/mol. The van der Waals surface area contributed by atoms with Gasteiger partial charge in [0.2, 0.25) is 5.91 Å². The molecule has 1 aromatic rings. The Morgan fingerprint density at radius 3 is 2.71 bits per heavy atom. The van der Waals surface area contributed by atoms with Crippen LogP contribution in [0.2, 0.25) is 0 Å². The third-order valence-electron chi connectivity index (χ3n) is 5.29. The summed E-state index contributed by atoms with van der Waals surface area (Å²) in [6.07, 6.45) is 6.69. The van der Waals surface area contributed by atoms with E-state index >= 15 is 0 Å². The van der Waals surface area contributed by atoms with Crippen molar-refractivity contribution in [1.29, 1.82) is 0 Å². The van der Waals surface area contributed by atoms with Crippen molar-refractivity contribution in [3.8, 4) is 0 Å². The highest BCUT2D eigenvalue weighted by Crippen LogP contribution is 2.30. The number of fused-ring (bicyclic) bond motifs is 1. The quantitative estimate of drug-likeness (QED) is 0.791. The van der Waals surface area contributed by atoms with Crippen LogP contribution < -0.4 is 16.0 Å². The Labute approximate surface area is 143 Å².